The summed E-state index contributed by atoms with van der Waals surface area (Å²) in [6.45, 7) is 5.83. The van der Waals surface area contributed by atoms with E-state index in [9.17, 15) is 9.59 Å². The molecule has 0 atom stereocenters. The molecule has 0 saturated carbocycles. The second-order valence-corrected chi connectivity index (χ2v) is 5.53. The Morgan fingerprint density at radius 1 is 1.38 bits per heavy atom. The van der Waals surface area contributed by atoms with Crippen LogP contribution in [-0.4, -0.2) is 29.7 Å². The summed E-state index contributed by atoms with van der Waals surface area (Å²) in [6.07, 6.45) is 0.799. The molecule has 0 fully saturated rings. The van der Waals surface area contributed by atoms with Crippen molar-refractivity contribution >= 4 is 23.3 Å². The molecule has 2 N–H and O–H groups in total. The van der Waals surface area contributed by atoms with Gasteiger partial charge in [-0.2, -0.15) is 0 Å². The number of amidine groups is 1. The lowest BCUT2D eigenvalue weighted by Gasteiger charge is -2.30. The summed E-state index contributed by atoms with van der Waals surface area (Å²) in [5, 5.41) is 4.24. The van der Waals surface area contributed by atoms with Crippen LogP contribution in [0.5, 0.6) is 0 Å². The number of rotatable bonds is 4. The first kappa shape index (κ1) is 15.0. The Bertz CT molecular complexity index is 566. The molecule has 2 rings (SSSR count). The number of carbonyl (C=O) groups is 2. The van der Waals surface area contributed by atoms with Gasteiger partial charge in [-0.3, -0.25) is 20.0 Å². The molecule has 21 heavy (non-hydrogen) atoms. The second kappa shape index (κ2) is 5.95. The monoisotopic (exact) mass is 288 g/mol. The zero-order valence-corrected chi connectivity index (χ0v) is 12.5. The van der Waals surface area contributed by atoms with Crippen LogP contribution in [0.2, 0.25) is 0 Å². The van der Waals surface area contributed by atoms with Crippen LogP contribution in [-0.2, 0) is 9.59 Å². The number of anilines is 1. The molecular weight excluding hydrogens is 268 g/mol. The average molecular weight is 288 g/mol. The molecule has 6 nitrogen and oxygen atoms in total. The van der Waals surface area contributed by atoms with E-state index in [0.29, 0.717) is 5.69 Å². The van der Waals surface area contributed by atoms with Crippen molar-refractivity contribution in [2.45, 2.75) is 32.7 Å². The maximum absolute atomic E-state index is 12.2. The second-order valence-electron chi connectivity index (χ2n) is 5.53. The van der Waals surface area contributed by atoms with Gasteiger partial charge in [0, 0.05) is 5.54 Å². The van der Waals surface area contributed by atoms with Crippen LogP contribution < -0.4 is 15.8 Å². The first-order chi connectivity index (χ1) is 9.93. The predicted molar refractivity (Wildman–Crippen MR) is 81.9 cm³/mol. The summed E-state index contributed by atoms with van der Waals surface area (Å²) in [6, 6.07) is 9.11. The van der Waals surface area contributed by atoms with Gasteiger partial charge in [-0.05, 0) is 32.4 Å². The minimum atomic E-state index is -0.319. The molecule has 0 saturated heterocycles. The first-order valence-electron chi connectivity index (χ1n) is 6.94. The van der Waals surface area contributed by atoms with Gasteiger partial charge in [0.1, 0.15) is 6.54 Å². The first-order valence-corrected chi connectivity index (χ1v) is 6.94. The fourth-order valence-corrected chi connectivity index (χ4v) is 1.78. The van der Waals surface area contributed by atoms with Crippen molar-refractivity contribution in [3.63, 3.8) is 0 Å². The van der Waals surface area contributed by atoms with E-state index in [-0.39, 0.29) is 29.7 Å². The fraction of sp³-hybridized carbons (Fsp3) is 0.400. The molecule has 0 aliphatic carbocycles. The van der Waals surface area contributed by atoms with Gasteiger partial charge in [-0.15, -0.1) is 0 Å². The highest BCUT2D eigenvalue weighted by atomic mass is 16.2. The Morgan fingerprint density at radius 2 is 2.05 bits per heavy atom. The lowest BCUT2D eigenvalue weighted by Crippen LogP contribution is -2.58. The third-order valence-electron chi connectivity index (χ3n) is 3.40. The van der Waals surface area contributed by atoms with Crippen molar-refractivity contribution in [2.75, 3.05) is 11.6 Å². The van der Waals surface area contributed by atoms with Crippen molar-refractivity contribution in [3.05, 3.63) is 30.3 Å². The molecule has 1 aromatic rings. The fourth-order valence-electron chi connectivity index (χ4n) is 1.78. The topological polar surface area (TPSA) is 73.8 Å². The molecular formula is C15H20N4O2. The van der Waals surface area contributed by atoms with E-state index in [0.717, 1.165) is 6.42 Å². The van der Waals surface area contributed by atoms with E-state index in [1.54, 1.807) is 12.1 Å². The Morgan fingerprint density at radius 3 is 2.67 bits per heavy atom. The van der Waals surface area contributed by atoms with Crippen LogP contribution in [0.3, 0.4) is 0 Å². The lowest BCUT2D eigenvalue weighted by molar-refractivity contribution is -0.118. The third kappa shape index (κ3) is 3.59. The van der Waals surface area contributed by atoms with Crippen LogP contribution in [0.25, 0.3) is 0 Å². The van der Waals surface area contributed by atoms with Crippen molar-refractivity contribution < 1.29 is 9.59 Å². The van der Waals surface area contributed by atoms with Gasteiger partial charge in [-0.1, -0.05) is 25.1 Å². The number of hydrogen-bond donors (Lipinski definition) is 2. The van der Waals surface area contributed by atoms with Crippen molar-refractivity contribution in [2.24, 2.45) is 4.99 Å². The van der Waals surface area contributed by atoms with Crippen molar-refractivity contribution in [3.8, 4) is 0 Å². The van der Waals surface area contributed by atoms with E-state index < -0.39 is 0 Å². The zero-order valence-electron chi connectivity index (χ0n) is 12.5. The molecule has 1 aliphatic rings. The van der Waals surface area contributed by atoms with Gasteiger partial charge >= 0.3 is 0 Å². The number of hydrazine groups is 1. The van der Waals surface area contributed by atoms with Crippen LogP contribution >= 0.6 is 0 Å². The Labute approximate surface area is 124 Å². The minimum Gasteiger partial charge on any atom is -0.344 e. The van der Waals surface area contributed by atoms with Gasteiger partial charge in [0.05, 0.1) is 5.69 Å². The smallest absolute Gasteiger partial charge is 0.288 e. The molecule has 1 aliphatic heterocycles. The average Bonchev–Trinajstić information content (AvgIpc) is 2.48. The molecule has 0 spiro atoms. The number of nitrogens with one attached hydrogen (secondary N) is 2. The highest BCUT2D eigenvalue weighted by molar-refractivity contribution is 6.39. The molecule has 0 unspecified atom stereocenters. The highest BCUT2D eigenvalue weighted by Gasteiger charge is 2.28. The van der Waals surface area contributed by atoms with E-state index in [1.807, 2.05) is 39.0 Å². The van der Waals surface area contributed by atoms with E-state index in [4.69, 9.17) is 0 Å². The third-order valence-corrected chi connectivity index (χ3v) is 3.40. The summed E-state index contributed by atoms with van der Waals surface area (Å²) in [5.74, 6) is -0.359. The number of hydrogen-bond acceptors (Lipinski definition) is 4. The SMILES string of the molecule is CCC(C)(C)NC(=O)C1=NCC(=O)N(c2ccccc2)N1. The van der Waals surface area contributed by atoms with Crippen LogP contribution in [0.4, 0.5) is 5.69 Å². The van der Waals surface area contributed by atoms with Gasteiger partial charge < -0.3 is 5.32 Å². The zero-order chi connectivity index (χ0) is 15.5. The maximum Gasteiger partial charge on any atom is 0.288 e. The van der Waals surface area contributed by atoms with E-state index >= 15 is 0 Å². The minimum absolute atomic E-state index is 0.0444. The number of para-hydroxylation sites is 1. The van der Waals surface area contributed by atoms with Gasteiger partial charge in [0.15, 0.2) is 0 Å². The molecule has 2 amide bonds. The molecule has 0 aromatic heterocycles. The van der Waals surface area contributed by atoms with E-state index in [1.165, 1.54) is 5.01 Å². The number of benzene rings is 1. The Balaban J connectivity index is 2.13. The van der Waals surface area contributed by atoms with Gasteiger partial charge in [0.25, 0.3) is 11.8 Å². The summed E-state index contributed by atoms with van der Waals surface area (Å²) in [7, 11) is 0. The van der Waals surface area contributed by atoms with Gasteiger partial charge in [0.2, 0.25) is 5.84 Å². The van der Waals surface area contributed by atoms with Crippen LogP contribution in [0.15, 0.2) is 35.3 Å². The Kier molecular flexibility index (Phi) is 4.26. The largest absolute Gasteiger partial charge is 0.344 e. The number of carbonyl (C=O) groups excluding carboxylic acids is 2. The number of aliphatic imine (C=N–C) groups is 1. The molecule has 112 valence electrons. The summed E-state index contributed by atoms with van der Waals surface area (Å²) in [5.41, 5.74) is 3.15. The predicted octanol–water partition coefficient (Wildman–Crippen LogP) is 1.24. The summed E-state index contributed by atoms with van der Waals surface area (Å²) in [4.78, 5) is 28.1. The normalized spacial score (nSPS) is 15.3. The van der Waals surface area contributed by atoms with Crippen LogP contribution in [0, 0.1) is 0 Å². The summed E-state index contributed by atoms with van der Waals surface area (Å²) < 4.78 is 0. The van der Waals surface area contributed by atoms with Crippen molar-refractivity contribution in [1.29, 1.82) is 0 Å². The molecule has 0 radical (unpaired) electrons. The van der Waals surface area contributed by atoms with E-state index in [2.05, 4.69) is 15.7 Å². The summed E-state index contributed by atoms with van der Waals surface area (Å²) >= 11 is 0. The quantitative estimate of drug-likeness (QED) is 0.875. The standard InChI is InChI=1S/C15H20N4O2/c1-4-15(2,3)17-14(21)13-16-10-12(20)19(18-13)11-8-6-5-7-9-11/h5-9H,4,10H2,1-3H3,(H,16,18)(H,17,21). The Hall–Kier alpha value is -2.37. The molecule has 0 bridgehead atoms. The lowest BCUT2D eigenvalue weighted by atomic mass is 10.0. The molecule has 6 heteroatoms. The molecule has 1 aromatic carbocycles. The number of nitrogens with zero attached hydrogens (tertiary/aromatic N) is 2. The van der Waals surface area contributed by atoms with Crippen molar-refractivity contribution in [1.82, 2.24) is 10.7 Å². The number of amides is 2. The molecule has 1 heterocycles. The highest BCUT2D eigenvalue weighted by Crippen LogP contribution is 2.13. The van der Waals surface area contributed by atoms with Crippen LogP contribution in [0.1, 0.15) is 27.2 Å². The maximum atomic E-state index is 12.2. The van der Waals surface area contributed by atoms with Gasteiger partial charge in [-0.25, -0.2) is 5.01 Å².